The molecular weight excluding hydrogens is 425 g/mol. The number of imide groups is 1. The van der Waals surface area contributed by atoms with Gasteiger partial charge in [0.05, 0.1) is 6.54 Å². The first-order chi connectivity index (χ1) is 13.5. The Hall–Kier alpha value is -3.19. The molecule has 0 atom stereocenters. The molecule has 3 amide bonds. The molecule has 5 nitrogen and oxygen atoms in total. The quantitative estimate of drug-likeness (QED) is 0.481. The van der Waals surface area contributed by atoms with Crippen LogP contribution in [0.15, 0.2) is 77.0 Å². The molecule has 0 bridgehead atoms. The zero-order valence-electron chi connectivity index (χ0n) is 14.6. The average Bonchev–Trinajstić information content (AvgIpc) is 3.24. The molecule has 1 aliphatic rings. The molecule has 1 aromatic heterocycles. The van der Waals surface area contributed by atoms with Gasteiger partial charge in [0.25, 0.3) is 5.91 Å². The largest absolute Gasteiger partial charge is 0.329 e. The minimum atomic E-state index is -0.499. The first-order valence-corrected chi connectivity index (χ1v) is 9.33. The topological polar surface area (TPSA) is 54.3 Å². The molecule has 1 N–H and O–H groups in total. The second-order valence-corrected chi connectivity index (χ2v) is 7.20. The first kappa shape index (κ1) is 18.2. The van der Waals surface area contributed by atoms with Crippen molar-refractivity contribution in [3.8, 4) is 5.69 Å². The summed E-state index contributed by atoms with van der Waals surface area (Å²) in [4.78, 5) is 26.1. The van der Waals surface area contributed by atoms with E-state index in [2.05, 4.69) is 21.2 Å². The zero-order valence-corrected chi connectivity index (χ0v) is 16.2. The highest BCUT2D eigenvalue weighted by atomic mass is 79.9. The van der Waals surface area contributed by atoms with E-state index in [9.17, 15) is 14.0 Å². The number of carbonyl (C=O) groups excluding carboxylic acids is 2. The number of aromatic nitrogens is 1. The Morgan fingerprint density at radius 2 is 1.82 bits per heavy atom. The highest BCUT2D eigenvalue weighted by molar-refractivity contribution is 9.10. The summed E-state index contributed by atoms with van der Waals surface area (Å²) in [6, 6.07) is 16.7. The maximum Gasteiger partial charge on any atom is 0.329 e. The van der Waals surface area contributed by atoms with Crippen molar-refractivity contribution in [1.82, 2.24) is 14.8 Å². The summed E-state index contributed by atoms with van der Waals surface area (Å²) in [6.45, 7) is 0.0783. The van der Waals surface area contributed by atoms with E-state index in [0.717, 1.165) is 20.8 Å². The van der Waals surface area contributed by atoms with Crippen LogP contribution >= 0.6 is 15.9 Å². The molecule has 1 fully saturated rings. The number of hydrogen-bond donors (Lipinski definition) is 1. The summed E-state index contributed by atoms with van der Waals surface area (Å²) in [5.74, 6) is -0.786. The Labute approximate surface area is 169 Å². The predicted molar refractivity (Wildman–Crippen MR) is 107 cm³/mol. The molecule has 2 aromatic carbocycles. The van der Waals surface area contributed by atoms with Gasteiger partial charge in [0.1, 0.15) is 11.5 Å². The molecule has 0 aliphatic carbocycles. The summed E-state index contributed by atoms with van der Waals surface area (Å²) >= 11 is 3.45. The van der Waals surface area contributed by atoms with Crippen molar-refractivity contribution in [3.05, 3.63) is 94.1 Å². The van der Waals surface area contributed by atoms with Crippen molar-refractivity contribution in [1.29, 1.82) is 0 Å². The van der Waals surface area contributed by atoms with Crippen LogP contribution in [0.2, 0.25) is 0 Å². The lowest BCUT2D eigenvalue weighted by atomic mass is 10.2. The summed E-state index contributed by atoms with van der Waals surface area (Å²) in [7, 11) is 0. The number of rotatable bonds is 4. The van der Waals surface area contributed by atoms with E-state index in [-0.39, 0.29) is 18.1 Å². The van der Waals surface area contributed by atoms with Gasteiger partial charge in [-0.3, -0.25) is 9.69 Å². The molecule has 4 rings (SSSR count). The molecule has 0 radical (unpaired) electrons. The van der Waals surface area contributed by atoms with Gasteiger partial charge < -0.3 is 9.88 Å². The van der Waals surface area contributed by atoms with Crippen LogP contribution in [0.5, 0.6) is 0 Å². The number of amides is 3. The minimum Gasteiger partial charge on any atom is -0.317 e. The van der Waals surface area contributed by atoms with Crippen LogP contribution in [-0.4, -0.2) is 21.4 Å². The minimum absolute atomic E-state index is 0.0783. The number of hydrogen-bond acceptors (Lipinski definition) is 2. The van der Waals surface area contributed by atoms with Crippen LogP contribution < -0.4 is 5.32 Å². The van der Waals surface area contributed by atoms with Crippen LogP contribution in [0.25, 0.3) is 11.8 Å². The number of nitrogens with zero attached hydrogens (tertiary/aromatic N) is 2. The van der Waals surface area contributed by atoms with E-state index >= 15 is 0 Å². The van der Waals surface area contributed by atoms with Gasteiger partial charge >= 0.3 is 6.03 Å². The monoisotopic (exact) mass is 439 g/mol. The zero-order chi connectivity index (χ0) is 19.7. The van der Waals surface area contributed by atoms with Gasteiger partial charge in [0.15, 0.2) is 0 Å². The van der Waals surface area contributed by atoms with E-state index in [1.807, 2.05) is 47.2 Å². The third kappa shape index (κ3) is 3.61. The smallest absolute Gasteiger partial charge is 0.317 e. The van der Waals surface area contributed by atoms with Crippen molar-refractivity contribution in [2.24, 2.45) is 0 Å². The SMILES string of the molecule is O=C1N/C(=C/c2cccn2-c2cccc(Br)c2)C(=O)N1Cc1ccc(F)cc1. The second-order valence-electron chi connectivity index (χ2n) is 6.29. The maximum atomic E-state index is 13.1. The summed E-state index contributed by atoms with van der Waals surface area (Å²) in [5.41, 5.74) is 2.54. The molecule has 140 valence electrons. The van der Waals surface area contributed by atoms with Crippen LogP contribution in [0, 0.1) is 5.82 Å². The lowest BCUT2D eigenvalue weighted by molar-refractivity contribution is -0.123. The van der Waals surface area contributed by atoms with E-state index < -0.39 is 11.9 Å². The fraction of sp³-hybridized carbons (Fsp3) is 0.0476. The van der Waals surface area contributed by atoms with Crippen molar-refractivity contribution in [3.63, 3.8) is 0 Å². The Balaban J connectivity index is 1.60. The van der Waals surface area contributed by atoms with Crippen LogP contribution in [0.1, 0.15) is 11.3 Å². The Morgan fingerprint density at radius 3 is 2.57 bits per heavy atom. The standard InChI is InChI=1S/C21H15BrFN3O2/c22-15-3-1-4-17(11-15)25-10-2-5-18(25)12-19-20(27)26(21(28)24-19)13-14-6-8-16(23)9-7-14/h1-12H,13H2,(H,24,28)/b19-12+. The van der Waals surface area contributed by atoms with E-state index in [0.29, 0.717) is 5.56 Å². The number of halogens is 2. The van der Waals surface area contributed by atoms with E-state index in [1.54, 1.807) is 18.2 Å². The van der Waals surface area contributed by atoms with Crippen molar-refractivity contribution in [2.45, 2.75) is 6.54 Å². The third-order valence-corrected chi connectivity index (χ3v) is 4.87. The molecule has 1 aliphatic heterocycles. The molecule has 0 saturated carbocycles. The molecule has 2 heterocycles. The molecule has 28 heavy (non-hydrogen) atoms. The van der Waals surface area contributed by atoms with Crippen LogP contribution in [0.4, 0.5) is 9.18 Å². The first-order valence-electron chi connectivity index (χ1n) is 8.53. The summed E-state index contributed by atoms with van der Waals surface area (Å²) < 4.78 is 15.9. The Kier molecular flexibility index (Phi) is 4.83. The predicted octanol–water partition coefficient (Wildman–Crippen LogP) is 4.47. The van der Waals surface area contributed by atoms with Gasteiger partial charge in [-0.2, -0.15) is 0 Å². The Morgan fingerprint density at radius 1 is 1.04 bits per heavy atom. The number of urea groups is 1. The van der Waals surface area contributed by atoms with Crippen molar-refractivity contribution in [2.75, 3.05) is 0 Å². The fourth-order valence-electron chi connectivity index (χ4n) is 3.01. The molecule has 1 saturated heterocycles. The molecular formula is C21H15BrFN3O2. The number of carbonyl (C=O) groups is 2. The molecule has 0 unspecified atom stereocenters. The maximum absolute atomic E-state index is 13.1. The van der Waals surface area contributed by atoms with Gasteiger partial charge in [-0.15, -0.1) is 0 Å². The highest BCUT2D eigenvalue weighted by Crippen LogP contribution is 2.21. The molecule has 0 spiro atoms. The third-order valence-electron chi connectivity index (χ3n) is 4.38. The van der Waals surface area contributed by atoms with Crippen molar-refractivity contribution >= 4 is 33.9 Å². The summed E-state index contributed by atoms with van der Waals surface area (Å²) in [5, 5.41) is 2.62. The van der Waals surface area contributed by atoms with E-state index in [1.165, 1.54) is 12.1 Å². The van der Waals surface area contributed by atoms with Gasteiger partial charge in [-0.1, -0.05) is 34.1 Å². The molecule has 3 aromatic rings. The van der Waals surface area contributed by atoms with E-state index in [4.69, 9.17) is 0 Å². The van der Waals surface area contributed by atoms with Crippen LogP contribution in [-0.2, 0) is 11.3 Å². The lowest BCUT2D eigenvalue weighted by Gasteiger charge is -2.11. The van der Waals surface area contributed by atoms with Gasteiger partial charge in [0.2, 0.25) is 0 Å². The number of nitrogens with one attached hydrogen (secondary N) is 1. The molecule has 7 heteroatoms. The lowest BCUT2D eigenvalue weighted by Crippen LogP contribution is -2.30. The van der Waals surface area contributed by atoms with Gasteiger partial charge in [-0.25, -0.2) is 9.18 Å². The summed E-state index contributed by atoms with van der Waals surface area (Å²) in [6.07, 6.45) is 3.53. The fourth-order valence-corrected chi connectivity index (χ4v) is 3.40. The second kappa shape index (κ2) is 7.44. The average molecular weight is 440 g/mol. The Bertz CT molecular complexity index is 1090. The normalized spacial score (nSPS) is 15.4. The van der Waals surface area contributed by atoms with Crippen LogP contribution in [0.3, 0.4) is 0 Å². The highest BCUT2D eigenvalue weighted by Gasteiger charge is 2.33. The van der Waals surface area contributed by atoms with Gasteiger partial charge in [-0.05, 0) is 54.1 Å². The van der Waals surface area contributed by atoms with Crippen molar-refractivity contribution < 1.29 is 14.0 Å². The number of benzene rings is 2. The van der Waals surface area contributed by atoms with Gasteiger partial charge in [0, 0.05) is 22.1 Å².